The Balaban J connectivity index is 3.80. The van der Waals surface area contributed by atoms with E-state index in [4.69, 9.17) is 27.0 Å². The lowest BCUT2D eigenvalue weighted by molar-refractivity contribution is 0.215. The Morgan fingerprint density at radius 2 is 2.00 bits per heavy atom. The lowest BCUT2D eigenvalue weighted by Crippen LogP contribution is -2.19. The second-order valence-electron chi connectivity index (χ2n) is 2.99. The van der Waals surface area contributed by atoms with Crippen molar-refractivity contribution in [2.45, 2.75) is 13.8 Å². The first kappa shape index (κ1) is 12.2. The first-order chi connectivity index (χ1) is 4.77. The van der Waals surface area contributed by atoms with Gasteiger partial charge in [-0.25, -0.2) is 0 Å². The van der Waals surface area contributed by atoms with Gasteiger partial charge in [0.05, 0.1) is 6.61 Å². The standard InChI is InChI=1S/C5H10BrCl2O2P/c1-5(2,3-6)4-10-11(7,8)9/h3-4H2,1-2H3. The van der Waals surface area contributed by atoms with Crippen molar-refractivity contribution in [2.24, 2.45) is 5.41 Å². The summed E-state index contributed by atoms with van der Waals surface area (Å²) in [4.78, 5) is 0. The molecule has 0 aliphatic carbocycles. The zero-order valence-electron chi connectivity index (χ0n) is 6.31. The zero-order valence-corrected chi connectivity index (χ0v) is 10.3. The molecule has 0 aromatic heterocycles. The topological polar surface area (TPSA) is 26.3 Å². The molecule has 0 amide bonds. The molecule has 0 aliphatic heterocycles. The van der Waals surface area contributed by atoms with Crippen LogP contribution >= 0.6 is 44.5 Å². The van der Waals surface area contributed by atoms with E-state index in [1.54, 1.807) is 0 Å². The Hall–Kier alpha value is 1.25. The molecule has 0 saturated heterocycles. The van der Waals surface area contributed by atoms with Crippen LogP contribution in [0.1, 0.15) is 13.8 Å². The molecule has 11 heavy (non-hydrogen) atoms. The average Bonchev–Trinajstić information content (AvgIpc) is 1.83. The monoisotopic (exact) mass is 282 g/mol. The second kappa shape index (κ2) is 4.48. The first-order valence-electron chi connectivity index (χ1n) is 2.97. The van der Waals surface area contributed by atoms with Gasteiger partial charge in [0.25, 0.3) is 0 Å². The summed E-state index contributed by atoms with van der Waals surface area (Å²) in [5.74, 6) is 0. The molecule has 0 bridgehead atoms. The third-order valence-electron chi connectivity index (χ3n) is 0.967. The predicted molar refractivity (Wildman–Crippen MR) is 52.8 cm³/mol. The second-order valence-corrected chi connectivity index (χ2v) is 7.82. The summed E-state index contributed by atoms with van der Waals surface area (Å²) in [6.07, 6.45) is -3.35. The Morgan fingerprint density at radius 3 is 2.27 bits per heavy atom. The van der Waals surface area contributed by atoms with Crippen LogP contribution in [0.5, 0.6) is 0 Å². The minimum absolute atomic E-state index is 0.0978. The van der Waals surface area contributed by atoms with Crippen LogP contribution in [0.25, 0.3) is 0 Å². The molecule has 6 heteroatoms. The third-order valence-corrected chi connectivity index (χ3v) is 3.50. The van der Waals surface area contributed by atoms with E-state index in [2.05, 4.69) is 15.9 Å². The molecule has 0 atom stereocenters. The van der Waals surface area contributed by atoms with E-state index in [-0.39, 0.29) is 12.0 Å². The Labute approximate surface area is 84.7 Å². The highest BCUT2D eigenvalue weighted by Crippen LogP contribution is 2.58. The van der Waals surface area contributed by atoms with Crippen molar-refractivity contribution in [1.29, 1.82) is 0 Å². The highest BCUT2D eigenvalue weighted by molar-refractivity contribution is 9.09. The molecule has 0 aromatic carbocycles. The minimum atomic E-state index is -3.35. The highest BCUT2D eigenvalue weighted by Gasteiger charge is 2.22. The largest absolute Gasteiger partial charge is 0.380 e. The third kappa shape index (κ3) is 7.61. The van der Waals surface area contributed by atoms with Crippen LogP contribution in [0.2, 0.25) is 0 Å². The van der Waals surface area contributed by atoms with Gasteiger partial charge in [0, 0.05) is 5.33 Å². The molecule has 0 unspecified atom stereocenters. The SMILES string of the molecule is CC(C)(CBr)COP(=O)(Cl)Cl. The quantitative estimate of drug-likeness (QED) is 0.576. The van der Waals surface area contributed by atoms with Gasteiger partial charge in [-0.05, 0) is 27.9 Å². The maximum atomic E-state index is 10.7. The lowest BCUT2D eigenvalue weighted by atomic mass is 9.99. The van der Waals surface area contributed by atoms with Crippen LogP contribution in [0, 0.1) is 5.41 Å². The summed E-state index contributed by atoms with van der Waals surface area (Å²) in [5, 5.41) is 0.744. The molecule has 68 valence electrons. The molecule has 0 aliphatic rings. The maximum Gasteiger partial charge on any atom is 0.380 e. The molecular weight excluding hydrogens is 274 g/mol. The molecule has 0 saturated carbocycles. The van der Waals surface area contributed by atoms with Gasteiger partial charge in [0.15, 0.2) is 0 Å². The molecule has 0 fully saturated rings. The van der Waals surface area contributed by atoms with Gasteiger partial charge >= 0.3 is 6.07 Å². The first-order valence-corrected chi connectivity index (χ1v) is 7.52. The van der Waals surface area contributed by atoms with E-state index in [0.717, 1.165) is 5.33 Å². The van der Waals surface area contributed by atoms with E-state index in [9.17, 15) is 4.57 Å². The van der Waals surface area contributed by atoms with Gasteiger partial charge in [0.1, 0.15) is 0 Å². The van der Waals surface area contributed by atoms with E-state index in [0.29, 0.717) is 0 Å². The number of rotatable bonds is 4. The fraction of sp³-hybridized carbons (Fsp3) is 1.00. The number of alkyl halides is 1. The maximum absolute atomic E-state index is 10.7. The van der Waals surface area contributed by atoms with Crippen molar-refractivity contribution in [3.8, 4) is 0 Å². The molecular formula is C5H10BrCl2O2P. The molecule has 0 aromatic rings. The minimum Gasteiger partial charge on any atom is -0.306 e. The highest BCUT2D eigenvalue weighted by atomic mass is 79.9. The van der Waals surface area contributed by atoms with Crippen molar-refractivity contribution in [2.75, 3.05) is 11.9 Å². The summed E-state index contributed by atoms with van der Waals surface area (Å²) in [6.45, 7) is 4.18. The normalized spacial score (nSPS) is 13.5. The van der Waals surface area contributed by atoms with Crippen LogP contribution in [-0.4, -0.2) is 11.9 Å². The number of hydrogen-bond donors (Lipinski definition) is 0. The molecule has 0 heterocycles. The summed E-state index contributed by atoms with van der Waals surface area (Å²) in [6, 6.07) is 0. The van der Waals surface area contributed by atoms with Crippen LogP contribution in [-0.2, 0) is 9.09 Å². The van der Waals surface area contributed by atoms with Crippen molar-refractivity contribution >= 4 is 44.5 Å². The van der Waals surface area contributed by atoms with Gasteiger partial charge in [-0.2, -0.15) is 0 Å². The zero-order chi connectivity index (χ0) is 9.12. The lowest BCUT2D eigenvalue weighted by Gasteiger charge is -2.20. The number of hydrogen-bond acceptors (Lipinski definition) is 2. The molecule has 0 spiro atoms. The molecule has 2 nitrogen and oxygen atoms in total. The average molecular weight is 284 g/mol. The van der Waals surface area contributed by atoms with E-state index in [1.807, 2.05) is 13.8 Å². The summed E-state index contributed by atoms with van der Waals surface area (Å²) in [5.41, 5.74) is -0.0978. The Morgan fingerprint density at radius 1 is 1.55 bits per heavy atom. The van der Waals surface area contributed by atoms with Crippen LogP contribution in [0.3, 0.4) is 0 Å². The summed E-state index contributed by atoms with van der Waals surface area (Å²) in [7, 11) is 0. The van der Waals surface area contributed by atoms with E-state index in [1.165, 1.54) is 0 Å². The summed E-state index contributed by atoms with van der Waals surface area (Å²) >= 11 is 13.6. The molecule has 0 rings (SSSR count). The number of halogens is 3. The Kier molecular flexibility index (Phi) is 4.98. The smallest absolute Gasteiger partial charge is 0.306 e. The predicted octanol–water partition coefficient (Wildman–Crippen LogP) is 4.01. The van der Waals surface area contributed by atoms with Crippen LogP contribution in [0.15, 0.2) is 0 Å². The van der Waals surface area contributed by atoms with Gasteiger partial charge < -0.3 is 4.52 Å². The van der Waals surface area contributed by atoms with Crippen LogP contribution in [0.4, 0.5) is 0 Å². The van der Waals surface area contributed by atoms with Gasteiger partial charge in [-0.3, -0.25) is 4.57 Å². The van der Waals surface area contributed by atoms with Crippen LogP contribution < -0.4 is 0 Å². The van der Waals surface area contributed by atoms with Gasteiger partial charge in [-0.1, -0.05) is 29.8 Å². The van der Waals surface area contributed by atoms with Crippen molar-refractivity contribution in [3.63, 3.8) is 0 Å². The van der Waals surface area contributed by atoms with Crippen molar-refractivity contribution < 1.29 is 9.09 Å². The van der Waals surface area contributed by atoms with E-state index < -0.39 is 6.07 Å². The summed E-state index contributed by atoms with van der Waals surface area (Å²) < 4.78 is 15.4. The van der Waals surface area contributed by atoms with Crippen molar-refractivity contribution in [1.82, 2.24) is 0 Å². The van der Waals surface area contributed by atoms with Gasteiger partial charge in [0.2, 0.25) is 0 Å². The molecule has 0 radical (unpaired) electrons. The van der Waals surface area contributed by atoms with Gasteiger partial charge in [-0.15, -0.1) is 0 Å². The molecule has 0 N–H and O–H groups in total. The fourth-order valence-electron chi connectivity index (χ4n) is 0.288. The fourth-order valence-corrected chi connectivity index (χ4v) is 1.24. The Bertz CT molecular complexity index is 168. The van der Waals surface area contributed by atoms with Crippen molar-refractivity contribution in [3.05, 3.63) is 0 Å². The van der Waals surface area contributed by atoms with E-state index >= 15 is 0 Å².